The molecule has 1 unspecified atom stereocenters. The van der Waals surface area contributed by atoms with Crippen LogP contribution in [0.25, 0.3) is 0 Å². The topological polar surface area (TPSA) is 56.5 Å². The molecule has 0 saturated carbocycles. The van der Waals surface area contributed by atoms with Gasteiger partial charge in [-0.05, 0) is 24.1 Å². The Morgan fingerprint density at radius 3 is 2.35 bits per heavy atom. The molecule has 0 fully saturated rings. The fraction of sp³-hybridized carbons (Fsp3) is 0.455. The van der Waals surface area contributed by atoms with Gasteiger partial charge < -0.3 is 9.47 Å². The molecular weight excluding hydrogens is 263 g/mol. The van der Waals surface area contributed by atoms with Gasteiger partial charge in [-0.25, -0.2) is 0 Å². The number of nitrogens with one attached hydrogen (secondary N) is 1. The maximum atomic E-state index is 5.94. The van der Waals surface area contributed by atoms with E-state index in [1.807, 2.05) is 6.07 Å². The summed E-state index contributed by atoms with van der Waals surface area (Å²) in [6.45, 7) is 0. The van der Waals surface area contributed by atoms with Crippen molar-refractivity contribution in [1.82, 2.24) is 5.43 Å². The van der Waals surface area contributed by atoms with Crippen LogP contribution < -0.4 is 11.3 Å². The minimum atomic E-state index is -0.422. The molecule has 0 aliphatic heterocycles. The smallest absolute Gasteiger partial charge is 0.173 e. The SMILES string of the molecule is COC(OC)C(Cc1ccc(Cl)c(Cl)c1)NN. The Morgan fingerprint density at radius 1 is 1.24 bits per heavy atom. The van der Waals surface area contributed by atoms with Gasteiger partial charge in [-0.1, -0.05) is 29.3 Å². The van der Waals surface area contributed by atoms with Crippen LogP contribution >= 0.6 is 23.2 Å². The highest BCUT2D eigenvalue weighted by Gasteiger charge is 2.20. The van der Waals surface area contributed by atoms with E-state index < -0.39 is 6.29 Å². The highest BCUT2D eigenvalue weighted by molar-refractivity contribution is 6.42. The highest BCUT2D eigenvalue weighted by atomic mass is 35.5. The number of nitrogens with two attached hydrogens (primary N) is 1. The maximum absolute atomic E-state index is 5.94. The van der Waals surface area contributed by atoms with Crippen molar-refractivity contribution in [2.45, 2.75) is 18.8 Å². The van der Waals surface area contributed by atoms with Crippen LogP contribution in [-0.2, 0) is 15.9 Å². The minimum absolute atomic E-state index is 0.165. The molecule has 0 aromatic heterocycles. The van der Waals surface area contributed by atoms with Gasteiger partial charge in [0, 0.05) is 14.2 Å². The second-order valence-corrected chi connectivity index (χ2v) is 4.38. The Bertz CT molecular complexity index is 359. The van der Waals surface area contributed by atoms with E-state index in [4.69, 9.17) is 38.5 Å². The molecule has 0 heterocycles. The molecule has 17 heavy (non-hydrogen) atoms. The lowest BCUT2D eigenvalue weighted by Crippen LogP contribution is -2.47. The summed E-state index contributed by atoms with van der Waals surface area (Å²) in [5.41, 5.74) is 3.66. The Labute approximate surface area is 111 Å². The normalized spacial score (nSPS) is 13.1. The molecular formula is C11H16Cl2N2O2. The van der Waals surface area contributed by atoms with Crippen LogP contribution in [0, 0.1) is 0 Å². The van der Waals surface area contributed by atoms with Crippen molar-refractivity contribution in [3.8, 4) is 0 Å². The molecule has 0 aliphatic rings. The predicted octanol–water partition coefficient (Wildman–Crippen LogP) is 1.99. The first kappa shape index (κ1) is 14.7. The largest absolute Gasteiger partial charge is 0.354 e. The molecule has 0 radical (unpaired) electrons. The van der Waals surface area contributed by atoms with E-state index >= 15 is 0 Å². The summed E-state index contributed by atoms with van der Waals surface area (Å²) in [5, 5.41) is 1.05. The van der Waals surface area contributed by atoms with E-state index in [1.54, 1.807) is 26.4 Å². The Kier molecular flexibility index (Phi) is 6.19. The number of hydrogen-bond donors (Lipinski definition) is 2. The van der Waals surface area contributed by atoms with E-state index in [-0.39, 0.29) is 6.04 Å². The molecule has 0 bridgehead atoms. The number of methoxy groups -OCH3 is 2. The van der Waals surface area contributed by atoms with Gasteiger partial charge in [-0.2, -0.15) is 0 Å². The van der Waals surface area contributed by atoms with E-state index in [2.05, 4.69) is 5.43 Å². The molecule has 96 valence electrons. The van der Waals surface area contributed by atoms with Gasteiger partial charge in [0.1, 0.15) is 0 Å². The van der Waals surface area contributed by atoms with Crippen molar-refractivity contribution >= 4 is 23.2 Å². The fourth-order valence-electron chi connectivity index (χ4n) is 1.58. The van der Waals surface area contributed by atoms with Crippen LogP contribution in [0.3, 0.4) is 0 Å². The quantitative estimate of drug-likeness (QED) is 0.475. The number of ether oxygens (including phenoxy) is 2. The third-order valence-electron chi connectivity index (χ3n) is 2.45. The summed E-state index contributed by atoms with van der Waals surface area (Å²) in [7, 11) is 3.13. The van der Waals surface area contributed by atoms with Crippen molar-refractivity contribution in [3.63, 3.8) is 0 Å². The zero-order chi connectivity index (χ0) is 12.8. The van der Waals surface area contributed by atoms with Gasteiger partial charge >= 0.3 is 0 Å². The minimum Gasteiger partial charge on any atom is -0.354 e. The molecule has 1 atom stereocenters. The highest BCUT2D eigenvalue weighted by Crippen LogP contribution is 2.23. The van der Waals surface area contributed by atoms with Crippen molar-refractivity contribution in [3.05, 3.63) is 33.8 Å². The summed E-state index contributed by atoms with van der Waals surface area (Å²) < 4.78 is 10.3. The van der Waals surface area contributed by atoms with Gasteiger partial charge in [0.15, 0.2) is 6.29 Å². The molecule has 0 spiro atoms. The first-order chi connectivity index (χ1) is 8.12. The lowest BCUT2D eigenvalue weighted by Gasteiger charge is -2.24. The summed E-state index contributed by atoms with van der Waals surface area (Å²) in [6, 6.07) is 5.28. The van der Waals surface area contributed by atoms with Gasteiger partial charge in [0.05, 0.1) is 16.1 Å². The van der Waals surface area contributed by atoms with Crippen molar-refractivity contribution in [2.24, 2.45) is 5.84 Å². The van der Waals surface area contributed by atoms with Crippen molar-refractivity contribution < 1.29 is 9.47 Å². The predicted molar refractivity (Wildman–Crippen MR) is 69.1 cm³/mol. The van der Waals surface area contributed by atoms with Gasteiger partial charge in [-0.3, -0.25) is 11.3 Å². The van der Waals surface area contributed by atoms with Crippen LogP contribution in [0.1, 0.15) is 5.56 Å². The van der Waals surface area contributed by atoms with Crippen molar-refractivity contribution in [2.75, 3.05) is 14.2 Å². The molecule has 3 N–H and O–H groups in total. The van der Waals surface area contributed by atoms with E-state index in [9.17, 15) is 0 Å². The van der Waals surface area contributed by atoms with E-state index in [0.29, 0.717) is 16.5 Å². The average Bonchev–Trinajstić information content (AvgIpc) is 2.33. The summed E-state index contributed by atoms with van der Waals surface area (Å²) in [6.07, 6.45) is 0.203. The Hall–Kier alpha value is -0.360. The summed E-state index contributed by atoms with van der Waals surface area (Å²) in [4.78, 5) is 0. The Morgan fingerprint density at radius 2 is 1.88 bits per heavy atom. The van der Waals surface area contributed by atoms with E-state index in [1.165, 1.54) is 0 Å². The zero-order valence-electron chi connectivity index (χ0n) is 9.74. The molecule has 1 aromatic rings. The third kappa shape index (κ3) is 4.10. The molecule has 4 nitrogen and oxygen atoms in total. The molecule has 0 aliphatic carbocycles. The van der Waals surface area contributed by atoms with Gasteiger partial charge in [0.25, 0.3) is 0 Å². The molecule has 0 amide bonds. The number of hydrogen-bond acceptors (Lipinski definition) is 4. The number of rotatable bonds is 6. The molecule has 1 rings (SSSR count). The lowest BCUT2D eigenvalue weighted by atomic mass is 10.1. The van der Waals surface area contributed by atoms with Gasteiger partial charge in [0.2, 0.25) is 0 Å². The first-order valence-electron chi connectivity index (χ1n) is 5.08. The van der Waals surface area contributed by atoms with Crippen molar-refractivity contribution in [1.29, 1.82) is 0 Å². The molecule has 6 heteroatoms. The van der Waals surface area contributed by atoms with Crippen LogP contribution in [-0.4, -0.2) is 26.6 Å². The fourth-order valence-corrected chi connectivity index (χ4v) is 1.90. The second-order valence-electron chi connectivity index (χ2n) is 3.57. The van der Waals surface area contributed by atoms with Crippen LogP contribution in [0.15, 0.2) is 18.2 Å². The lowest BCUT2D eigenvalue weighted by molar-refractivity contribution is -0.122. The maximum Gasteiger partial charge on any atom is 0.173 e. The average molecular weight is 279 g/mol. The standard InChI is InChI=1S/C11H16Cl2N2O2/c1-16-11(17-2)10(15-14)6-7-3-4-8(12)9(13)5-7/h3-5,10-11,15H,6,14H2,1-2H3. The zero-order valence-corrected chi connectivity index (χ0v) is 11.3. The third-order valence-corrected chi connectivity index (χ3v) is 3.19. The number of hydrazine groups is 1. The Balaban J connectivity index is 2.76. The van der Waals surface area contributed by atoms with Gasteiger partial charge in [-0.15, -0.1) is 0 Å². The summed E-state index contributed by atoms with van der Waals surface area (Å²) in [5.74, 6) is 5.47. The first-order valence-corrected chi connectivity index (χ1v) is 5.83. The van der Waals surface area contributed by atoms with Crippen LogP contribution in [0.2, 0.25) is 10.0 Å². The second kappa shape index (κ2) is 7.16. The number of halogens is 2. The van der Waals surface area contributed by atoms with Crippen LogP contribution in [0.4, 0.5) is 0 Å². The monoisotopic (exact) mass is 278 g/mol. The van der Waals surface area contributed by atoms with Crippen LogP contribution in [0.5, 0.6) is 0 Å². The molecule has 1 aromatic carbocycles. The number of benzene rings is 1. The summed E-state index contributed by atoms with van der Waals surface area (Å²) >= 11 is 11.8. The molecule has 0 saturated heterocycles. The van der Waals surface area contributed by atoms with E-state index in [0.717, 1.165) is 5.56 Å².